The topological polar surface area (TPSA) is 68.0 Å². The molecule has 1 fully saturated rings. The Balaban J connectivity index is 1.08. The molecule has 1 aliphatic rings. The summed E-state index contributed by atoms with van der Waals surface area (Å²) < 4.78 is 30.4. The van der Waals surface area contributed by atoms with Crippen molar-refractivity contribution in [1.82, 2.24) is 10.1 Å². The van der Waals surface area contributed by atoms with E-state index in [-0.39, 0.29) is 18.5 Å². The Kier molecular flexibility index (Phi) is 7.18. The maximum absolute atomic E-state index is 13.4. The van der Waals surface area contributed by atoms with Crippen LogP contribution in [0.3, 0.4) is 0 Å². The molecule has 1 atom stereocenters. The van der Waals surface area contributed by atoms with E-state index in [1.807, 2.05) is 48.5 Å². The van der Waals surface area contributed by atoms with Gasteiger partial charge >= 0.3 is 0 Å². The third kappa shape index (κ3) is 5.93. The van der Waals surface area contributed by atoms with Crippen LogP contribution < -0.4 is 9.47 Å². The summed E-state index contributed by atoms with van der Waals surface area (Å²) in [7, 11) is 0. The second kappa shape index (κ2) is 10.6. The molecule has 6 nitrogen and oxygen atoms in total. The normalized spacial score (nSPS) is 15.9. The molecule has 0 bridgehead atoms. The van der Waals surface area contributed by atoms with E-state index in [1.165, 1.54) is 12.1 Å². The zero-order valence-electron chi connectivity index (χ0n) is 19.1. The number of aromatic nitrogens is 1. The summed E-state index contributed by atoms with van der Waals surface area (Å²) in [5.74, 6) is 1.08. The molecule has 1 N–H and O–H groups in total. The molecule has 0 radical (unpaired) electrons. The molecule has 8 heteroatoms. The molecule has 35 heavy (non-hydrogen) atoms. The van der Waals surface area contributed by atoms with E-state index in [4.69, 9.17) is 25.6 Å². The average Bonchev–Trinajstić information content (AvgIpc) is 3.27. The SMILES string of the molecule is OC(COc1ccc(-c2noc3cc(F)ccc23)cc1)CN1CCC(Oc2cccc(Cl)c2)CC1. The number of hydrogen-bond donors (Lipinski definition) is 1. The van der Waals surface area contributed by atoms with Gasteiger partial charge in [0, 0.05) is 41.7 Å². The largest absolute Gasteiger partial charge is 0.491 e. The van der Waals surface area contributed by atoms with Crippen LogP contribution in [0, 0.1) is 5.82 Å². The van der Waals surface area contributed by atoms with Crippen molar-refractivity contribution in [3.63, 3.8) is 0 Å². The van der Waals surface area contributed by atoms with Crippen LogP contribution in [-0.2, 0) is 0 Å². The lowest BCUT2D eigenvalue weighted by Crippen LogP contribution is -2.43. The highest BCUT2D eigenvalue weighted by atomic mass is 35.5. The molecule has 4 aromatic rings. The number of aliphatic hydroxyl groups excluding tert-OH is 1. The first-order valence-corrected chi connectivity index (χ1v) is 12.0. The van der Waals surface area contributed by atoms with Crippen molar-refractivity contribution in [2.24, 2.45) is 0 Å². The fourth-order valence-corrected chi connectivity index (χ4v) is 4.49. The minimum atomic E-state index is -0.602. The first-order valence-electron chi connectivity index (χ1n) is 11.6. The fraction of sp³-hybridized carbons (Fsp3) is 0.296. The van der Waals surface area contributed by atoms with Crippen LogP contribution in [0.5, 0.6) is 11.5 Å². The van der Waals surface area contributed by atoms with Crippen LogP contribution in [0.1, 0.15) is 12.8 Å². The van der Waals surface area contributed by atoms with Gasteiger partial charge in [-0.1, -0.05) is 22.8 Å². The summed E-state index contributed by atoms with van der Waals surface area (Å²) >= 11 is 6.03. The van der Waals surface area contributed by atoms with Crippen molar-refractivity contribution in [3.8, 4) is 22.8 Å². The number of nitrogens with zero attached hydrogens (tertiary/aromatic N) is 2. The lowest BCUT2D eigenvalue weighted by Gasteiger charge is -2.33. The first kappa shape index (κ1) is 23.6. The Morgan fingerprint density at radius 2 is 1.86 bits per heavy atom. The summed E-state index contributed by atoms with van der Waals surface area (Å²) in [6.45, 7) is 2.45. The van der Waals surface area contributed by atoms with E-state index in [9.17, 15) is 9.50 Å². The highest BCUT2D eigenvalue weighted by molar-refractivity contribution is 6.30. The molecule has 5 rings (SSSR count). The summed E-state index contributed by atoms with van der Waals surface area (Å²) in [5, 5.41) is 16.0. The number of rotatable bonds is 8. The van der Waals surface area contributed by atoms with Crippen molar-refractivity contribution in [3.05, 3.63) is 77.6 Å². The van der Waals surface area contributed by atoms with Crippen molar-refractivity contribution < 1.29 is 23.5 Å². The maximum Gasteiger partial charge on any atom is 0.170 e. The number of piperidine rings is 1. The molecule has 0 aliphatic carbocycles. The van der Waals surface area contributed by atoms with E-state index < -0.39 is 6.10 Å². The zero-order chi connectivity index (χ0) is 24.2. The molecule has 2 heterocycles. The smallest absolute Gasteiger partial charge is 0.170 e. The van der Waals surface area contributed by atoms with E-state index >= 15 is 0 Å². The lowest BCUT2D eigenvalue weighted by molar-refractivity contribution is 0.0402. The van der Waals surface area contributed by atoms with E-state index in [0.717, 1.165) is 42.6 Å². The quantitative estimate of drug-likeness (QED) is 0.344. The Hall–Kier alpha value is -3.13. The maximum atomic E-state index is 13.4. The van der Waals surface area contributed by atoms with Gasteiger partial charge in [-0.2, -0.15) is 0 Å². The van der Waals surface area contributed by atoms with Gasteiger partial charge in [0.05, 0.1) is 0 Å². The lowest BCUT2D eigenvalue weighted by atomic mass is 10.1. The number of hydrogen-bond acceptors (Lipinski definition) is 6. The first-order chi connectivity index (χ1) is 17.0. The van der Waals surface area contributed by atoms with Crippen molar-refractivity contribution in [2.75, 3.05) is 26.2 Å². The second-order valence-electron chi connectivity index (χ2n) is 8.74. The van der Waals surface area contributed by atoms with E-state index in [2.05, 4.69) is 10.1 Å². The van der Waals surface area contributed by atoms with Crippen LogP contribution in [0.4, 0.5) is 4.39 Å². The molecule has 1 saturated heterocycles. The standard InChI is InChI=1S/C27H26ClFN2O4/c28-19-2-1-3-24(14-19)34-23-10-12-31(13-11-23)16-21(32)17-33-22-7-4-18(5-8-22)27-25-9-6-20(29)15-26(25)35-30-27/h1-9,14-15,21,23,32H,10-13,16-17H2. The van der Waals surface area contributed by atoms with Crippen LogP contribution in [-0.4, -0.2) is 53.6 Å². The number of β-amino-alcohol motifs (C(OH)–C–C–N with tert-alkyl or cyclic N) is 1. The van der Waals surface area contributed by atoms with Crippen molar-refractivity contribution in [1.29, 1.82) is 0 Å². The summed E-state index contributed by atoms with van der Waals surface area (Å²) in [5.41, 5.74) is 1.89. The molecule has 182 valence electrons. The predicted octanol–water partition coefficient (Wildman–Crippen LogP) is 5.57. The third-order valence-corrected chi connectivity index (χ3v) is 6.34. The van der Waals surface area contributed by atoms with Gasteiger partial charge < -0.3 is 24.0 Å². The second-order valence-corrected chi connectivity index (χ2v) is 9.17. The van der Waals surface area contributed by atoms with Crippen LogP contribution in [0.2, 0.25) is 5.02 Å². The molecule has 1 aliphatic heterocycles. The molecular weight excluding hydrogens is 471 g/mol. The van der Waals surface area contributed by atoms with E-state index in [1.54, 1.807) is 6.07 Å². The summed E-state index contributed by atoms with van der Waals surface area (Å²) in [4.78, 5) is 2.23. The van der Waals surface area contributed by atoms with E-state index in [0.29, 0.717) is 28.6 Å². The number of halogens is 2. The molecule has 1 aromatic heterocycles. The van der Waals surface area contributed by atoms with Crippen LogP contribution in [0.25, 0.3) is 22.2 Å². The van der Waals surface area contributed by atoms with Crippen LogP contribution >= 0.6 is 11.6 Å². The Morgan fingerprint density at radius 3 is 2.63 bits per heavy atom. The minimum Gasteiger partial charge on any atom is -0.491 e. The molecular formula is C27H26ClFN2O4. The number of aliphatic hydroxyl groups is 1. The van der Waals surface area contributed by atoms with Crippen LogP contribution in [0.15, 0.2) is 71.3 Å². The monoisotopic (exact) mass is 496 g/mol. The van der Waals surface area contributed by atoms with Crippen molar-refractivity contribution in [2.45, 2.75) is 25.0 Å². The van der Waals surface area contributed by atoms with Gasteiger partial charge in [-0.15, -0.1) is 0 Å². The third-order valence-electron chi connectivity index (χ3n) is 6.11. The number of ether oxygens (including phenoxy) is 2. The van der Waals surface area contributed by atoms with Gasteiger partial charge in [-0.3, -0.25) is 0 Å². The van der Waals surface area contributed by atoms with Gasteiger partial charge in [0.25, 0.3) is 0 Å². The Labute approximate surface area is 207 Å². The van der Waals surface area contributed by atoms with Gasteiger partial charge in [-0.25, -0.2) is 4.39 Å². The highest BCUT2D eigenvalue weighted by Crippen LogP contribution is 2.29. The molecule has 0 spiro atoms. The van der Waals surface area contributed by atoms with Gasteiger partial charge in [0.2, 0.25) is 0 Å². The Bertz CT molecular complexity index is 1270. The molecule has 3 aromatic carbocycles. The summed E-state index contributed by atoms with van der Waals surface area (Å²) in [6, 6.07) is 19.2. The van der Waals surface area contributed by atoms with Gasteiger partial charge in [0.1, 0.15) is 41.8 Å². The fourth-order valence-electron chi connectivity index (χ4n) is 4.31. The number of benzene rings is 3. The zero-order valence-corrected chi connectivity index (χ0v) is 19.8. The van der Waals surface area contributed by atoms with Crippen molar-refractivity contribution >= 4 is 22.6 Å². The summed E-state index contributed by atoms with van der Waals surface area (Å²) in [6.07, 6.45) is 1.34. The van der Waals surface area contributed by atoms with Gasteiger partial charge in [-0.05, 0) is 67.4 Å². The molecule has 1 unspecified atom stereocenters. The minimum absolute atomic E-state index is 0.150. The number of fused-ring (bicyclic) bond motifs is 1. The Morgan fingerprint density at radius 1 is 1.06 bits per heavy atom. The van der Waals surface area contributed by atoms with Gasteiger partial charge in [0.15, 0.2) is 5.58 Å². The predicted molar refractivity (Wildman–Crippen MR) is 132 cm³/mol. The average molecular weight is 497 g/mol. The molecule has 0 amide bonds. The highest BCUT2D eigenvalue weighted by Gasteiger charge is 2.22. The molecule has 0 saturated carbocycles. The number of likely N-dealkylation sites (tertiary alicyclic amines) is 1.